The number of aromatic nitrogens is 3. The number of benzene rings is 2. The van der Waals surface area contributed by atoms with Gasteiger partial charge in [-0.2, -0.15) is 4.37 Å². The summed E-state index contributed by atoms with van der Waals surface area (Å²) in [6.07, 6.45) is 1.50. The van der Waals surface area contributed by atoms with E-state index in [9.17, 15) is 4.79 Å². The van der Waals surface area contributed by atoms with Gasteiger partial charge in [0.05, 0.1) is 12.9 Å². The van der Waals surface area contributed by atoms with Crippen LogP contribution in [0, 0.1) is 0 Å². The number of rotatable bonds is 6. The number of fused-ring (bicyclic) bond motifs is 2. The molecule has 4 aromatic rings. The van der Waals surface area contributed by atoms with Crippen LogP contribution in [0.3, 0.4) is 0 Å². The third kappa shape index (κ3) is 4.19. The third-order valence-electron chi connectivity index (χ3n) is 4.75. The zero-order valence-corrected chi connectivity index (χ0v) is 18.7. The number of thioether (sulfide) groups is 1. The smallest absolute Gasteiger partial charge is 0.234 e. The first kappa shape index (κ1) is 20.5. The fraction of sp³-hybridized carbons (Fsp3) is 0.182. The third-order valence-corrected chi connectivity index (χ3v) is 6.71. The summed E-state index contributed by atoms with van der Waals surface area (Å²) in [4.78, 5) is 21.3. The van der Waals surface area contributed by atoms with Crippen molar-refractivity contribution >= 4 is 45.1 Å². The molecular formula is C22H18N4O4S2. The summed E-state index contributed by atoms with van der Waals surface area (Å²) in [6.45, 7) is 1.03. The van der Waals surface area contributed by atoms with E-state index in [1.54, 1.807) is 25.3 Å². The molecule has 2 aromatic heterocycles. The van der Waals surface area contributed by atoms with Gasteiger partial charge in [-0.1, -0.05) is 11.8 Å². The van der Waals surface area contributed by atoms with E-state index in [1.807, 2.05) is 24.3 Å². The number of nitrogens with one attached hydrogen (secondary N) is 1. The number of carbonyl (C=O) groups excluding carboxylic acids is 1. The van der Waals surface area contributed by atoms with Gasteiger partial charge < -0.3 is 19.5 Å². The Bertz CT molecular complexity index is 1280. The summed E-state index contributed by atoms with van der Waals surface area (Å²) in [5.74, 6) is 2.16. The van der Waals surface area contributed by atoms with Crippen LogP contribution in [0.5, 0.6) is 17.2 Å². The molecule has 0 aliphatic carbocycles. The molecule has 0 bridgehead atoms. The number of amides is 1. The molecule has 1 amide bonds. The van der Waals surface area contributed by atoms with Crippen molar-refractivity contribution in [1.29, 1.82) is 0 Å². The molecule has 1 aliphatic rings. The zero-order valence-electron chi connectivity index (χ0n) is 17.0. The van der Waals surface area contributed by atoms with Crippen molar-refractivity contribution in [3.8, 4) is 28.5 Å². The molecule has 8 nitrogen and oxygen atoms in total. The highest BCUT2D eigenvalue weighted by molar-refractivity contribution is 8.00. The molecule has 0 spiro atoms. The molecule has 0 unspecified atom stereocenters. The molecule has 0 radical (unpaired) electrons. The summed E-state index contributed by atoms with van der Waals surface area (Å²) < 4.78 is 21.7. The van der Waals surface area contributed by atoms with Crippen molar-refractivity contribution in [3.63, 3.8) is 0 Å². The molecule has 2 aromatic carbocycles. The second-order valence-corrected chi connectivity index (χ2v) is 8.55. The lowest BCUT2D eigenvalue weighted by Crippen LogP contribution is -2.17. The fourth-order valence-electron chi connectivity index (χ4n) is 3.24. The van der Waals surface area contributed by atoms with Crippen LogP contribution in [-0.2, 0) is 4.79 Å². The lowest BCUT2D eigenvalue weighted by molar-refractivity contribution is -0.113. The lowest BCUT2D eigenvalue weighted by atomic mass is 10.1. The van der Waals surface area contributed by atoms with Crippen molar-refractivity contribution in [2.75, 3.05) is 31.4 Å². The van der Waals surface area contributed by atoms with Gasteiger partial charge in [-0.15, -0.1) is 0 Å². The molecule has 1 N–H and O–H groups in total. The van der Waals surface area contributed by atoms with Crippen LogP contribution in [0.25, 0.3) is 21.5 Å². The minimum atomic E-state index is -0.140. The Labute approximate surface area is 192 Å². The Morgan fingerprint density at radius 2 is 1.94 bits per heavy atom. The van der Waals surface area contributed by atoms with Gasteiger partial charge >= 0.3 is 0 Å². The van der Waals surface area contributed by atoms with E-state index < -0.39 is 0 Å². The molecule has 0 saturated carbocycles. The maximum Gasteiger partial charge on any atom is 0.234 e. The SMILES string of the molecule is COc1ccc(-c2nsc3c(SCC(=O)Nc4ccc5c(c4)OCCO5)ncnc23)cc1. The molecule has 1 aliphatic heterocycles. The van der Waals surface area contributed by atoms with E-state index in [-0.39, 0.29) is 11.7 Å². The van der Waals surface area contributed by atoms with Gasteiger partial charge in [0.1, 0.15) is 46.2 Å². The van der Waals surface area contributed by atoms with Gasteiger partial charge in [-0.25, -0.2) is 9.97 Å². The van der Waals surface area contributed by atoms with Gasteiger partial charge in [0, 0.05) is 17.3 Å². The van der Waals surface area contributed by atoms with Crippen molar-refractivity contribution in [2.45, 2.75) is 5.03 Å². The van der Waals surface area contributed by atoms with E-state index in [0.29, 0.717) is 30.4 Å². The highest BCUT2D eigenvalue weighted by Crippen LogP contribution is 2.35. The summed E-state index contributed by atoms with van der Waals surface area (Å²) >= 11 is 2.68. The van der Waals surface area contributed by atoms with Gasteiger partial charge in [0.25, 0.3) is 0 Å². The van der Waals surface area contributed by atoms with Crippen molar-refractivity contribution in [3.05, 3.63) is 48.8 Å². The van der Waals surface area contributed by atoms with Gasteiger partial charge in [0.15, 0.2) is 11.5 Å². The molecule has 0 fully saturated rings. The largest absolute Gasteiger partial charge is 0.497 e. The predicted molar refractivity (Wildman–Crippen MR) is 124 cm³/mol. The predicted octanol–water partition coefficient (Wildman–Crippen LogP) is 4.26. The average molecular weight is 467 g/mol. The Morgan fingerprint density at radius 3 is 2.75 bits per heavy atom. The second-order valence-electron chi connectivity index (χ2n) is 6.81. The Balaban J connectivity index is 1.29. The summed E-state index contributed by atoms with van der Waals surface area (Å²) in [5.41, 5.74) is 3.16. The molecule has 162 valence electrons. The first-order valence-corrected chi connectivity index (χ1v) is 11.5. The van der Waals surface area contributed by atoms with Crippen LogP contribution in [0.4, 0.5) is 5.69 Å². The first-order valence-electron chi connectivity index (χ1n) is 9.78. The lowest BCUT2D eigenvalue weighted by Gasteiger charge is -2.18. The summed E-state index contributed by atoms with van der Waals surface area (Å²) in [7, 11) is 1.63. The monoisotopic (exact) mass is 466 g/mol. The number of nitrogens with zero attached hydrogens (tertiary/aromatic N) is 3. The van der Waals surface area contributed by atoms with Crippen LogP contribution in [-0.4, -0.2) is 46.3 Å². The number of carbonyl (C=O) groups is 1. The van der Waals surface area contributed by atoms with E-state index >= 15 is 0 Å². The van der Waals surface area contributed by atoms with Crippen LogP contribution in [0.1, 0.15) is 0 Å². The second kappa shape index (κ2) is 9.01. The van der Waals surface area contributed by atoms with Gasteiger partial charge in [-0.3, -0.25) is 4.79 Å². The molecule has 0 saturated heterocycles. The summed E-state index contributed by atoms with van der Waals surface area (Å²) in [6, 6.07) is 13.0. The normalized spacial score (nSPS) is 12.5. The highest BCUT2D eigenvalue weighted by atomic mass is 32.2. The van der Waals surface area contributed by atoms with Crippen LogP contribution >= 0.6 is 23.3 Å². The molecule has 32 heavy (non-hydrogen) atoms. The van der Waals surface area contributed by atoms with E-state index in [1.165, 1.54) is 29.6 Å². The van der Waals surface area contributed by atoms with E-state index in [4.69, 9.17) is 14.2 Å². The number of anilines is 1. The zero-order chi connectivity index (χ0) is 21.9. The Hall–Kier alpha value is -3.37. The summed E-state index contributed by atoms with van der Waals surface area (Å²) in [5, 5.41) is 3.62. The number of hydrogen-bond donors (Lipinski definition) is 1. The van der Waals surface area contributed by atoms with Crippen molar-refractivity contribution < 1.29 is 19.0 Å². The van der Waals surface area contributed by atoms with Gasteiger partial charge in [-0.05, 0) is 47.9 Å². The molecular weight excluding hydrogens is 448 g/mol. The highest BCUT2D eigenvalue weighted by Gasteiger charge is 2.16. The molecule has 3 heterocycles. The standard InChI is InChI=1S/C22H18N4O4S2/c1-28-15-5-2-13(3-6-15)19-20-21(32-26-19)22(24-12-23-20)31-11-18(27)25-14-4-7-16-17(10-14)30-9-8-29-16/h2-7,10,12H,8-9,11H2,1H3,(H,25,27). The number of hydrogen-bond acceptors (Lipinski definition) is 9. The van der Waals surface area contributed by atoms with E-state index in [0.717, 1.165) is 32.2 Å². The van der Waals surface area contributed by atoms with Crippen LogP contribution < -0.4 is 19.5 Å². The first-order chi connectivity index (χ1) is 15.7. The minimum absolute atomic E-state index is 0.140. The number of ether oxygens (including phenoxy) is 3. The number of methoxy groups -OCH3 is 1. The molecule has 0 atom stereocenters. The average Bonchev–Trinajstić information content (AvgIpc) is 3.27. The molecule has 5 rings (SSSR count). The maximum absolute atomic E-state index is 12.5. The van der Waals surface area contributed by atoms with Gasteiger partial charge in [0.2, 0.25) is 5.91 Å². The van der Waals surface area contributed by atoms with Crippen LogP contribution in [0.2, 0.25) is 0 Å². The van der Waals surface area contributed by atoms with Crippen LogP contribution in [0.15, 0.2) is 53.8 Å². The van der Waals surface area contributed by atoms with E-state index in [2.05, 4.69) is 19.7 Å². The Kier molecular flexibility index (Phi) is 5.78. The topological polar surface area (TPSA) is 95.5 Å². The van der Waals surface area contributed by atoms with Crippen molar-refractivity contribution in [1.82, 2.24) is 14.3 Å². The quantitative estimate of drug-likeness (QED) is 0.333. The molecule has 10 heteroatoms. The Morgan fingerprint density at radius 1 is 1.12 bits per heavy atom. The van der Waals surface area contributed by atoms with Crippen molar-refractivity contribution in [2.24, 2.45) is 0 Å². The fourth-order valence-corrected chi connectivity index (χ4v) is 4.96. The minimum Gasteiger partial charge on any atom is -0.497 e. The maximum atomic E-state index is 12.5.